The van der Waals surface area contributed by atoms with Crippen molar-refractivity contribution in [1.82, 2.24) is 5.32 Å². The smallest absolute Gasteiger partial charge is 0.269 e. The third kappa shape index (κ3) is 3.26. The Hall–Kier alpha value is -2.24. The number of ether oxygens (including phenoxy) is 1. The molecule has 1 saturated heterocycles. The second kappa shape index (κ2) is 6.03. The molecular formula is C16H16N2O3. The molecule has 21 heavy (non-hydrogen) atoms. The lowest BCUT2D eigenvalue weighted by Crippen LogP contribution is -2.27. The molecule has 0 aromatic heterocycles. The van der Waals surface area contributed by atoms with Gasteiger partial charge in [-0.25, -0.2) is 0 Å². The summed E-state index contributed by atoms with van der Waals surface area (Å²) in [6.45, 7) is 0.635. The quantitative estimate of drug-likeness (QED) is 0.692. The maximum absolute atomic E-state index is 10.6. The topological polar surface area (TPSA) is 64.4 Å². The standard InChI is InChI=1S/C16H16N2O3/c19-18(20)15-8-6-13(7-9-15)16-17-14(11-21-16)10-12-4-2-1-3-5-12/h1-9,14,16-17H,10-11H2/t14-,16+/m0/s1. The van der Waals surface area contributed by atoms with E-state index in [1.165, 1.54) is 17.7 Å². The Balaban J connectivity index is 1.62. The maximum atomic E-state index is 10.6. The molecule has 2 aromatic carbocycles. The van der Waals surface area contributed by atoms with Gasteiger partial charge in [0.2, 0.25) is 0 Å². The van der Waals surface area contributed by atoms with E-state index in [4.69, 9.17) is 4.74 Å². The lowest BCUT2D eigenvalue weighted by Gasteiger charge is -2.12. The van der Waals surface area contributed by atoms with Crippen LogP contribution in [0.1, 0.15) is 17.4 Å². The first-order valence-electron chi connectivity index (χ1n) is 6.88. The van der Waals surface area contributed by atoms with Crippen molar-refractivity contribution in [1.29, 1.82) is 0 Å². The van der Waals surface area contributed by atoms with Crippen LogP contribution in [0.2, 0.25) is 0 Å². The van der Waals surface area contributed by atoms with E-state index in [9.17, 15) is 10.1 Å². The van der Waals surface area contributed by atoms with Crippen molar-refractivity contribution < 1.29 is 9.66 Å². The zero-order valence-electron chi connectivity index (χ0n) is 11.4. The minimum Gasteiger partial charge on any atom is -0.357 e. The molecule has 0 saturated carbocycles. The van der Waals surface area contributed by atoms with Gasteiger partial charge in [-0.1, -0.05) is 30.3 Å². The molecule has 1 aliphatic rings. The molecular weight excluding hydrogens is 268 g/mol. The summed E-state index contributed by atoms with van der Waals surface area (Å²) in [5.41, 5.74) is 2.27. The third-order valence-corrected chi connectivity index (χ3v) is 3.58. The van der Waals surface area contributed by atoms with E-state index < -0.39 is 4.92 Å². The molecule has 5 heteroatoms. The van der Waals surface area contributed by atoms with Crippen molar-refractivity contribution in [2.45, 2.75) is 18.7 Å². The summed E-state index contributed by atoms with van der Waals surface area (Å²) < 4.78 is 5.74. The van der Waals surface area contributed by atoms with Crippen molar-refractivity contribution in [2.75, 3.05) is 6.61 Å². The monoisotopic (exact) mass is 284 g/mol. The Morgan fingerprint density at radius 3 is 2.52 bits per heavy atom. The molecule has 1 fully saturated rings. The minimum atomic E-state index is -0.398. The van der Waals surface area contributed by atoms with Crippen molar-refractivity contribution in [2.24, 2.45) is 0 Å². The molecule has 0 unspecified atom stereocenters. The summed E-state index contributed by atoms with van der Waals surface area (Å²) in [6.07, 6.45) is 0.712. The number of nitrogens with zero attached hydrogens (tertiary/aromatic N) is 1. The van der Waals surface area contributed by atoms with Gasteiger partial charge in [0.25, 0.3) is 5.69 Å². The lowest BCUT2D eigenvalue weighted by atomic mass is 10.1. The summed E-state index contributed by atoms with van der Waals surface area (Å²) >= 11 is 0. The molecule has 2 aromatic rings. The van der Waals surface area contributed by atoms with Gasteiger partial charge in [-0.05, 0) is 29.7 Å². The van der Waals surface area contributed by atoms with E-state index in [0.717, 1.165) is 12.0 Å². The molecule has 0 aliphatic carbocycles. The Bertz CT molecular complexity index is 613. The Morgan fingerprint density at radius 2 is 1.86 bits per heavy atom. The highest BCUT2D eigenvalue weighted by Gasteiger charge is 2.25. The first-order valence-corrected chi connectivity index (χ1v) is 6.88. The molecule has 1 heterocycles. The van der Waals surface area contributed by atoms with E-state index >= 15 is 0 Å². The largest absolute Gasteiger partial charge is 0.357 e. The van der Waals surface area contributed by atoms with Crippen LogP contribution in [-0.4, -0.2) is 17.6 Å². The first kappa shape index (κ1) is 13.7. The fraction of sp³-hybridized carbons (Fsp3) is 0.250. The van der Waals surface area contributed by atoms with Crippen molar-refractivity contribution >= 4 is 5.69 Å². The van der Waals surface area contributed by atoms with E-state index in [-0.39, 0.29) is 18.0 Å². The predicted molar refractivity (Wildman–Crippen MR) is 78.9 cm³/mol. The average Bonchev–Trinajstić information content (AvgIpc) is 2.97. The molecule has 3 rings (SSSR count). The highest BCUT2D eigenvalue weighted by Crippen LogP contribution is 2.24. The van der Waals surface area contributed by atoms with Crippen LogP contribution in [0, 0.1) is 10.1 Å². The maximum Gasteiger partial charge on any atom is 0.269 e. The average molecular weight is 284 g/mol. The van der Waals surface area contributed by atoms with Crippen LogP contribution in [0.25, 0.3) is 0 Å². The summed E-state index contributed by atoms with van der Waals surface area (Å²) in [7, 11) is 0. The van der Waals surface area contributed by atoms with Gasteiger partial charge in [0, 0.05) is 18.2 Å². The summed E-state index contributed by atoms with van der Waals surface area (Å²) in [6, 6.07) is 17.0. The molecule has 108 valence electrons. The summed E-state index contributed by atoms with van der Waals surface area (Å²) in [5.74, 6) is 0. The normalized spacial score (nSPS) is 21.3. The molecule has 0 spiro atoms. The van der Waals surface area contributed by atoms with Crippen LogP contribution in [0.5, 0.6) is 0 Å². The highest BCUT2D eigenvalue weighted by molar-refractivity contribution is 5.34. The van der Waals surface area contributed by atoms with E-state index in [1.54, 1.807) is 12.1 Å². The number of non-ortho nitro benzene ring substituents is 1. The number of nitro groups is 1. The number of hydrogen-bond donors (Lipinski definition) is 1. The van der Waals surface area contributed by atoms with Gasteiger partial charge in [-0.15, -0.1) is 0 Å². The fourth-order valence-corrected chi connectivity index (χ4v) is 2.50. The van der Waals surface area contributed by atoms with Crippen molar-refractivity contribution in [3.63, 3.8) is 0 Å². The second-order valence-electron chi connectivity index (χ2n) is 5.12. The van der Waals surface area contributed by atoms with Crippen LogP contribution in [0.15, 0.2) is 54.6 Å². The molecule has 1 N–H and O–H groups in total. The Morgan fingerprint density at radius 1 is 1.14 bits per heavy atom. The SMILES string of the molecule is O=[N+]([O-])c1ccc([C@@H]2N[C@@H](Cc3ccccc3)CO2)cc1. The fourth-order valence-electron chi connectivity index (χ4n) is 2.50. The molecule has 0 bridgehead atoms. The van der Waals surface area contributed by atoms with Crippen LogP contribution >= 0.6 is 0 Å². The lowest BCUT2D eigenvalue weighted by molar-refractivity contribution is -0.384. The minimum absolute atomic E-state index is 0.0950. The first-order chi connectivity index (χ1) is 10.2. The summed E-state index contributed by atoms with van der Waals surface area (Å²) in [5, 5.41) is 14.1. The van der Waals surface area contributed by atoms with Crippen LogP contribution < -0.4 is 5.32 Å². The van der Waals surface area contributed by atoms with Crippen molar-refractivity contribution in [3.8, 4) is 0 Å². The van der Waals surface area contributed by atoms with Crippen LogP contribution in [-0.2, 0) is 11.2 Å². The van der Waals surface area contributed by atoms with Gasteiger partial charge >= 0.3 is 0 Å². The Kier molecular flexibility index (Phi) is 3.94. The van der Waals surface area contributed by atoms with E-state index in [2.05, 4.69) is 17.4 Å². The predicted octanol–water partition coefficient (Wildman–Crippen LogP) is 2.82. The van der Waals surface area contributed by atoms with Gasteiger partial charge in [-0.2, -0.15) is 0 Å². The number of nitrogens with one attached hydrogen (secondary N) is 1. The summed E-state index contributed by atoms with van der Waals surface area (Å²) in [4.78, 5) is 10.2. The van der Waals surface area contributed by atoms with Gasteiger partial charge in [0.15, 0.2) is 0 Å². The van der Waals surface area contributed by atoms with Crippen LogP contribution in [0.3, 0.4) is 0 Å². The van der Waals surface area contributed by atoms with Crippen LogP contribution in [0.4, 0.5) is 5.69 Å². The highest BCUT2D eigenvalue weighted by atomic mass is 16.6. The number of benzene rings is 2. The van der Waals surface area contributed by atoms with Crippen molar-refractivity contribution in [3.05, 3.63) is 75.8 Å². The van der Waals surface area contributed by atoms with Gasteiger partial charge < -0.3 is 4.74 Å². The van der Waals surface area contributed by atoms with E-state index in [1.807, 2.05) is 18.2 Å². The number of nitro benzene ring substituents is 1. The second-order valence-corrected chi connectivity index (χ2v) is 5.12. The zero-order chi connectivity index (χ0) is 14.7. The number of hydrogen-bond acceptors (Lipinski definition) is 4. The van der Waals surface area contributed by atoms with Gasteiger partial charge in [0.05, 0.1) is 11.5 Å². The molecule has 5 nitrogen and oxygen atoms in total. The molecule has 1 aliphatic heterocycles. The third-order valence-electron chi connectivity index (χ3n) is 3.58. The zero-order valence-corrected chi connectivity index (χ0v) is 11.4. The molecule has 0 amide bonds. The molecule has 2 atom stereocenters. The van der Waals surface area contributed by atoms with Gasteiger partial charge in [0.1, 0.15) is 6.23 Å². The number of rotatable bonds is 4. The molecule has 0 radical (unpaired) electrons. The Labute approximate surface area is 122 Å². The van der Waals surface area contributed by atoms with E-state index in [0.29, 0.717) is 6.61 Å². The van der Waals surface area contributed by atoms with Gasteiger partial charge in [-0.3, -0.25) is 15.4 Å².